The van der Waals surface area contributed by atoms with Gasteiger partial charge in [-0.1, -0.05) is 29.8 Å². The van der Waals surface area contributed by atoms with E-state index < -0.39 is 23.6 Å². The van der Waals surface area contributed by atoms with Crippen LogP contribution in [0.1, 0.15) is 24.0 Å². The molecule has 178 valence electrons. The minimum Gasteiger partial charge on any atom is -0.355 e. The highest BCUT2D eigenvalue weighted by atomic mass is 35.5. The largest absolute Gasteiger partial charge is 0.418 e. The maximum atomic E-state index is 13.2. The monoisotopic (exact) mass is 490 g/mol. The molecule has 1 aliphatic rings. The fourth-order valence-electron chi connectivity index (χ4n) is 3.91. The molecule has 0 radical (unpaired) electrons. The number of carbonyl (C=O) groups excluding carboxylic acids is 1. The van der Waals surface area contributed by atoms with Crippen molar-refractivity contribution in [3.05, 3.63) is 81.1 Å². The summed E-state index contributed by atoms with van der Waals surface area (Å²) < 4.78 is 40.9. The third kappa shape index (κ3) is 5.09. The van der Waals surface area contributed by atoms with E-state index in [2.05, 4.69) is 10.4 Å². The van der Waals surface area contributed by atoms with Crippen LogP contribution in [0.5, 0.6) is 0 Å². The van der Waals surface area contributed by atoms with Crippen LogP contribution >= 0.6 is 11.6 Å². The number of aryl methyl sites for hydroxylation is 1. The van der Waals surface area contributed by atoms with Gasteiger partial charge in [0, 0.05) is 30.1 Å². The topological polar surface area (TPSA) is 67.2 Å². The number of para-hydroxylation sites is 1. The predicted molar refractivity (Wildman–Crippen MR) is 125 cm³/mol. The number of amides is 1. The van der Waals surface area contributed by atoms with Gasteiger partial charge in [0.1, 0.15) is 5.82 Å². The number of nitrogens with zero attached hydrogens (tertiary/aromatic N) is 3. The second kappa shape index (κ2) is 9.50. The number of anilines is 2. The van der Waals surface area contributed by atoms with Crippen molar-refractivity contribution in [2.24, 2.45) is 5.92 Å². The molecular weight excluding hydrogens is 469 g/mol. The number of piperidine rings is 1. The summed E-state index contributed by atoms with van der Waals surface area (Å²) in [5, 5.41) is 7.42. The van der Waals surface area contributed by atoms with Crippen molar-refractivity contribution in [3.8, 4) is 5.69 Å². The second-order valence-corrected chi connectivity index (χ2v) is 8.58. The van der Waals surface area contributed by atoms with E-state index in [-0.39, 0.29) is 11.2 Å². The predicted octanol–water partition coefficient (Wildman–Crippen LogP) is 5.07. The minimum atomic E-state index is -4.55. The van der Waals surface area contributed by atoms with Gasteiger partial charge in [-0.05, 0) is 55.7 Å². The van der Waals surface area contributed by atoms with Gasteiger partial charge in [0.2, 0.25) is 5.91 Å². The van der Waals surface area contributed by atoms with Crippen LogP contribution in [-0.2, 0) is 11.0 Å². The molecule has 2 aromatic carbocycles. The molecule has 0 unspecified atom stereocenters. The van der Waals surface area contributed by atoms with Crippen molar-refractivity contribution in [1.29, 1.82) is 0 Å². The van der Waals surface area contributed by atoms with E-state index in [4.69, 9.17) is 11.6 Å². The van der Waals surface area contributed by atoms with Gasteiger partial charge in [0.25, 0.3) is 5.56 Å². The molecule has 0 spiro atoms. The molecule has 0 saturated carbocycles. The standard InChI is InChI=1S/C24H22ClF3N4O2/c1-15-6-7-17(14-19(15)25)32-22(33)9-8-21(30-32)31-12-10-16(11-13-31)23(34)29-20-5-3-2-4-18(20)24(26,27)28/h2-9,14,16H,10-13H2,1H3,(H,29,34). The van der Waals surface area contributed by atoms with E-state index in [1.165, 1.54) is 28.9 Å². The van der Waals surface area contributed by atoms with E-state index in [1.807, 2.05) is 11.8 Å². The summed E-state index contributed by atoms with van der Waals surface area (Å²) in [7, 11) is 0. The molecule has 10 heteroatoms. The number of hydrogen-bond donors (Lipinski definition) is 1. The summed E-state index contributed by atoms with van der Waals surface area (Å²) in [6.07, 6.45) is -3.67. The highest BCUT2D eigenvalue weighted by Gasteiger charge is 2.34. The Bertz CT molecular complexity index is 1270. The Kier molecular flexibility index (Phi) is 6.65. The lowest BCUT2D eigenvalue weighted by Crippen LogP contribution is -2.39. The molecule has 3 aromatic rings. The Morgan fingerprint density at radius 2 is 1.79 bits per heavy atom. The van der Waals surface area contributed by atoms with Crippen LogP contribution in [0, 0.1) is 12.8 Å². The Hall–Kier alpha value is -3.33. The number of carbonyl (C=O) groups is 1. The van der Waals surface area contributed by atoms with Crippen LogP contribution in [0.4, 0.5) is 24.7 Å². The van der Waals surface area contributed by atoms with E-state index in [0.29, 0.717) is 42.5 Å². The van der Waals surface area contributed by atoms with Gasteiger partial charge in [0.15, 0.2) is 0 Å². The molecule has 1 N–H and O–H groups in total. The molecule has 6 nitrogen and oxygen atoms in total. The van der Waals surface area contributed by atoms with E-state index in [1.54, 1.807) is 24.3 Å². The smallest absolute Gasteiger partial charge is 0.355 e. The third-order valence-corrected chi connectivity index (χ3v) is 6.27. The van der Waals surface area contributed by atoms with Crippen molar-refractivity contribution >= 4 is 29.0 Å². The number of hydrogen-bond acceptors (Lipinski definition) is 4. The zero-order valence-corrected chi connectivity index (χ0v) is 19.0. The Morgan fingerprint density at radius 3 is 2.47 bits per heavy atom. The highest BCUT2D eigenvalue weighted by molar-refractivity contribution is 6.31. The van der Waals surface area contributed by atoms with Crippen LogP contribution in [0.3, 0.4) is 0 Å². The Labute approximate surface area is 199 Å². The lowest BCUT2D eigenvalue weighted by atomic mass is 9.95. The molecule has 34 heavy (non-hydrogen) atoms. The zero-order valence-electron chi connectivity index (χ0n) is 18.3. The summed E-state index contributed by atoms with van der Waals surface area (Å²) in [5.74, 6) is -0.305. The molecule has 0 aliphatic carbocycles. The normalized spacial score (nSPS) is 14.8. The first-order chi connectivity index (χ1) is 16.1. The number of alkyl halides is 3. The number of benzene rings is 2. The van der Waals surface area contributed by atoms with Crippen molar-refractivity contribution in [2.75, 3.05) is 23.3 Å². The van der Waals surface area contributed by atoms with Gasteiger partial charge >= 0.3 is 6.18 Å². The summed E-state index contributed by atoms with van der Waals surface area (Å²) in [6, 6.07) is 13.2. The van der Waals surface area contributed by atoms with E-state index in [9.17, 15) is 22.8 Å². The maximum absolute atomic E-state index is 13.2. The van der Waals surface area contributed by atoms with Crippen molar-refractivity contribution in [1.82, 2.24) is 9.78 Å². The number of nitrogens with one attached hydrogen (secondary N) is 1. The molecule has 1 fully saturated rings. The van der Waals surface area contributed by atoms with Crippen molar-refractivity contribution in [3.63, 3.8) is 0 Å². The second-order valence-electron chi connectivity index (χ2n) is 8.17. The van der Waals surface area contributed by atoms with Gasteiger partial charge in [0.05, 0.1) is 16.9 Å². The Morgan fingerprint density at radius 1 is 1.09 bits per heavy atom. The van der Waals surface area contributed by atoms with Gasteiger partial charge in [-0.25, -0.2) is 0 Å². The van der Waals surface area contributed by atoms with Crippen LogP contribution in [-0.4, -0.2) is 28.8 Å². The molecule has 1 aliphatic heterocycles. The Balaban J connectivity index is 1.45. The van der Waals surface area contributed by atoms with Gasteiger partial charge in [-0.2, -0.15) is 17.9 Å². The third-order valence-electron chi connectivity index (χ3n) is 5.87. The number of halogens is 4. The first-order valence-electron chi connectivity index (χ1n) is 10.7. The average molecular weight is 491 g/mol. The van der Waals surface area contributed by atoms with E-state index >= 15 is 0 Å². The van der Waals surface area contributed by atoms with Crippen LogP contribution in [0.2, 0.25) is 5.02 Å². The van der Waals surface area contributed by atoms with Gasteiger partial charge in [-0.3, -0.25) is 9.59 Å². The van der Waals surface area contributed by atoms with E-state index in [0.717, 1.165) is 11.6 Å². The summed E-state index contributed by atoms with van der Waals surface area (Å²) in [5.41, 5.74) is 0.00511. The minimum absolute atomic E-state index is 0.243. The molecule has 1 saturated heterocycles. The quantitative estimate of drug-likeness (QED) is 0.554. The lowest BCUT2D eigenvalue weighted by Gasteiger charge is -2.32. The molecule has 4 rings (SSSR count). The summed E-state index contributed by atoms with van der Waals surface area (Å²) in [4.78, 5) is 27.0. The highest BCUT2D eigenvalue weighted by Crippen LogP contribution is 2.35. The number of aromatic nitrogens is 2. The van der Waals surface area contributed by atoms with Gasteiger partial charge in [-0.15, -0.1) is 5.10 Å². The fraction of sp³-hybridized carbons (Fsp3) is 0.292. The first kappa shape index (κ1) is 23.8. The zero-order chi connectivity index (χ0) is 24.5. The molecule has 1 aromatic heterocycles. The van der Waals surface area contributed by atoms with Crippen molar-refractivity contribution in [2.45, 2.75) is 25.9 Å². The fourth-order valence-corrected chi connectivity index (χ4v) is 4.09. The number of rotatable bonds is 4. The molecular formula is C24H22ClF3N4O2. The van der Waals surface area contributed by atoms with Crippen LogP contribution in [0.15, 0.2) is 59.4 Å². The first-order valence-corrected chi connectivity index (χ1v) is 11.1. The lowest BCUT2D eigenvalue weighted by molar-refractivity contribution is -0.137. The average Bonchev–Trinajstić information content (AvgIpc) is 2.81. The van der Waals surface area contributed by atoms with Crippen molar-refractivity contribution < 1.29 is 18.0 Å². The molecule has 2 heterocycles. The molecule has 0 atom stereocenters. The maximum Gasteiger partial charge on any atom is 0.418 e. The molecule has 0 bridgehead atoms. The van der Waals surface area contributed by atoms with Crippen LogP contribution < -0.4 is 15.8 Å². The van der Waals surface area contributed by atoms with Gasteiger partial charge < -0.3 is 10.2 Å². The van der Waals surface area contributed by atoms with Crippen LogP contribution in [0.25, 0.3) is 5.69 Å². The summed E-state index contributed by atoms with van der Waals surface area (Å²) in [6.45, 7) is 2.80. The molecule has 1 amide bonds. The summed E-state index contributed by atoms with van der Waals surface area (Å²) >= 11 is 6.19. The SMILES string of the molecule is Cc1ccc(-n2nc(N3CCC(C(=O)Nc4ccccc4C(F)(F)F)CC3)ccc2=O)cc1Cl.